The average Bonchev–Trinajstić information content (AvgIpc) is 2.01. The van der Waals surface area contributed by atoms with E-state index in [4.69, 9.17) is 5.21 Å². The Morgan fingerprint density at radius 1 is 1.58 bits per heavy atom. The highest BCUT2D eigenvalue weighted by atomic mass is 79.9. The SMILES string of the molecule is CC(=NO)c1cc(C)nc(Br)c1. The normalized spacial score (nSPS) is 11.8. The van der Waals surface area contributed by atoms with E-state index in [2.05, 4.69) is 26.1 Å². The average molecular weight is 229 g/mol. The molecule has 0 atom stereocenters. The lowest BCUT2D eigenvalue weighted by Gasteiger charge is -2.00. The van der Waals surface area contributed by atoms with Gasteiger partial charge in [-0.2, -0.15) is 0 Å². The van der Waals surface area contributed by atoms with Crippen molar-refractivity contribution >= 4 is 21.6 Å². The summed E-state index contributed by atoms with van der Waals surface area (Å²) in [6.07, 6.45) is 0. The molecular weight excluding hydrogens is 220 g/mol. The van der Waals surface area contributed by atoms with Gasteiger partial charge in [-0.15, -0.1) is 0 Å². The van der Waals surface area contributed by atoms with Gasteiger partial charge in [0.15, 0.2) is 0 Å². The largest absolute Gasteiger partial charge is 0.411 e. The summed E-state index contributed by atoms with van der Waals surface area (Å²) in [5, 5.41) is 11.6. The monoisotopic (exact) mass is 228 g/mol. The first-order valence-electron chi connectivity index (χ1n) is 3.46. The highest BCUT2D eigenvalue weighted by Crippen LogP contribution is 2.11. The van der Waals surface area contributed by atoms with Crippen molar-refractivity contribution in [3.05, 3.63) is 28.0 Å². The summed E-state index contributed by atoms with van der Waals surface area (Å²) in [5.74, 6) is 0. The van der Waals surface area contributed by atoms with E-state index in [1.807, 2.05) is 19.1 Å². The lowest BCUT2D eigenvalue weighted by Crippen LogP contribution is -1.96. The van der Waals surface area contributed by atoms with E-state index in [1.165, 1.54) is 0 Å². The van der Waals surface area contributed by atoms with E-state index < -0.39 is 0 Å². The zero-order valence-electron chi connectivity index (χ0n) is 6.87. The first-order chi connectivity index (χ1) is 5.63. The van der Waals surface area contributed by atoms with Crippen molar-refractivity contribution in [3.8, 4) is 0 Å². The van der Waals surface area contributed by atoms with Crippen LogP contribution in [0.15, 0.2) is 21.9 Å². The fraction of sp³-hybridized carbons (Fsp3) is 0.250. The summed E-state index contributed by atoms with van der Waals surface area (Å²) in [6, 6.07) is 3.67. The third kappa shape index (κ3) is 2.04. The van der Waals surface area contributed by atoms with Crippen molar-refractivity contribution in [2.75, 3.05) is 0 Å². The molecule has 1 aromatic heterocycles. The van der Waals surface area contributed by atoms with Gasteiger partial charge in [0.25, 0.3) is 0 Å². The van der Waals surface area contributed by atoms with Crippen molar-refractivity contribution in [1.29, 1.82) is 0 Å². The molecule has 1 heterocycles. The van der Waals surface area contributed by atoms with Gasteiger partial charge in [0.05, 0.1) is 5.71 Å². The molecule has 1 rings (SSSR count). The number of hydrogen-bond donors (Lipinski definition) is 1. The van der Waals surface area contributed by atoms with Crippen LogP contribution in [0, 0.1) is 6.92 Å². The van der Waals surface area contributed by atoms with Crippen LogP contribution in [0.1, 0.15) is 18.2 Å². The Labute approximate surface area is 79.3 Å². The number of nitrogens with zero attached hydrogens (tertiary/aromatic N) is 2. The minimum Gasteiger partial charge on any atom is -0.411 e. The van der Waals surface area contributed by atoms with Crippen LogP contribution < -0.4 is 0 Å². The number of aromatic nitrogens is 1. The smallest absolute Gasteiger partial charge is 0.107 e. The van der Waals surface area contributed by atoms with E-state index in [0.717, 1.165) is 15.9 Å². The van der Waals surface area contributed by atoms with Crippen LogP contribution in [0.2, 0.25) is 0 Å². The summed E-state index contributed by atoms with van der Waals surface area (Å²) in [6.45, 7) is 3.63. The number of halogens is 1. The fourth-order valence-electron chi connectivity index (χ4n) is 0.895. The summed E-state index contributed by atoms with van der Waals surface area (Å²) in [4.78, 5) is 4.13. The van der Waals surface area contributed by atoms with Crippen LogP contribution in [-0.4, -0.2) is 15.9 Å². The van der Waals surface area contributed by atoms with Crippen LogP contribution in [0.5, 0.6) is 0 Å². The molecule has 0 saturated heterocycles. The second kappa shape index (κ2) is 3.67. The molecule has 0 aliphatic rings. The molecule has 0 radical (unpaired) electrons. The van der Waals surface area contributed by atoms with Crippen molar-refractivity contribution in [1.82, 2.24) is 4.98 Å². The number of oxime groups is 1. The Morgan fingerprint density at radius 2 is 2.25 bits per heavy atom. The Morgan fingerprint density at radius 3 is 2.75 bits per heavy atom. The maximum Gasteiger partial charge on any atom is 0.107 e. The molecule has 0 aliphatic carbocycles. The van der Waals surface area contributed by atoms with Crippen LogP contribution in [-0.2, 0) is 0 Å². The molecule has 0 amide bonds. The zero-order chi connectivity index (χ0) is 9.14. The van der Waals surface area contributed by atoms with E-state index in [0.29, 0.717) is 5.71 Å². The first kappa shape index (κ1) is 9.19. The van der Waals surface area contributed by atoms with E-state index >= 15 is 0 Å². The predicted molar refractivity (Wildman–Crippen MR) is 50.7 cm³/mol. The maximum atomic E-state index is 8.52. The third-order valence-corrected chi connectivity index (χ3v) is 1.90. The van der Waals surface area contributed by atoms with Crippen LogP contribution in [0.25, 0.3) is 0 Å². The minimum absolute atomic E-state index is 0.584. The van der Waals surface area contributed by atoms with E-state index in [1.54, 1.807) is 6.92 Å². The van der Waals surface area contributed by atoms with Gasteiger partial charge < -0.3 is 5.21 Å². The van der Waals surface area contributed by atoms with Gasteiger partial charge in [0.2, 0.25) is 0 Å². The number of pyridine rings is 1. The molecule has 0 aliphatic heterocycles. The van der Waals surface area contributed by atoms with Gasteiger partial charge in [-0.05, 0) is 41.9 Å². The maximum absolute atomic E-state index is 8.52. The molecule has 0 fully saturated rings. The molecule has 1 N–H and O–H groups in total. The number of hydrogen-bond acceptors (Lipinski definition) is 3. The lowest BCUT2D eigenvalue weighted by molar-refractivity contribution is 0.319. The Hall–Kier alpha value is -0.900. The van der Waals surface area contributed by atoms with Gasteiger partial charge in [-0.1, -0.05) is 5.16 Å². The minimum atomic E-state index is 0.584. The molecule has 0 bridgehead atoms. The van der Waals surface area contributed by atoms with Crippen LogP contribution >= 0.6 is 15.9 Å². The summed E-state index contributed by atoms with van der Waals surface area (Å²) in [7, 11) is 0. The van der Waals surface area contributed by atoms with E-state index in [9.17, 15) is 0 Å². The standard InChI is InChI=1S/C8H9BrN2O/c1-5-3-7(6(2)11-12)4-8(9)10-5/h3-4,12H,1-2H3. The fourth-order valence-corrected chi connectivity index (χ4v) is 1.42. The second-order valence-electron chi connectivity index (χ2n) is 2.51. The van der Waals surface area contributed by atoms with Crippen molar-refractivity contribution in [2.45, 2.75) is 13.8 Å². The highest BCUT2D eigenvalue weighted by Gasteiger charge is 2.00. The Bertz CT molecular complexity index is 303. The highest BCUT2D eigenvalue weighted by molar-refractivity contribution is 9.10. The van der Waals surface area contributed by atoms with Gasteiger partial charge in [0, 0.05) is 11.3 Å². The first-order valence-corrected chi connectivity index (χ1v) is 4.26. The molecule has 0 spiro atoms. The van der Waals surface area contributed by atoms with Crippen LogP contribution in [0.4, 0.5) is 0 Å². The Balaban J connectivity index is 3.17. The third-order valence-electron chi connectivity index (χ3n) is 1.49. The van der Waals surface area contributed by atoms with Gasteiger partial charge in [0.1, 0.15) is 4.60 Å². The van der Waals surface area contributed by atoms with Crippen molar-refractivity contribution in [3.63, 3.8) is 0 Å². The summed E-state index contributed by atoms with van der Waals surface area (Å²) < 4.78 is 0.750. The zero-order valence-corrected chi connectivity index (χ0v) is 8.46. The van der Waals surface area contributed by atoms with Gasteiger partial charge in [-0.25, -0.2) is 4.98 Å². The molecule has 0 unspecified atom stereocenters. The molecule has 64 valence electrons. The lowest BCUT2D eigenvalue weighted by atomic mass is 10.1. The van der Waals surface area contributed by atoms with Gasteiger partial charge in [-0.3, -0.25) is 0 Å². The van der Waals surface area contributed by atoms with Gasteiger partial charge >= 0.3 is 0 Å². The molecule has 1 aromatic rings. The summed E-state index contributed by atoms with van der Waals surface area (Å²) in [5.41, 5.74) is 2.35. The number of rotatable bonds is 1. The molecule has 3 nitrogen and oxygen atoms in total. The topological polar surface area (TPSA) is 45.5 Å². The van der Waals surface area contributed by atoms with Crippen molar-refractivity contribution < 1.29 is 5.21 Å². The molecule has 0 saturated carbocycles. The Kier molecular flexibility index (Phi) is 2.81. The number of aryl methyl sites for hydroxylation is 1. The summed E-state index contributed by atoms with van der Waals surface area (Å²) >= 11 is 3.26. The molecular formula is C8H9BrN2O. The molecule has 4 heteroatoms. The molecule has 12 heavy (non-hydrogen) atoms. The van der Waals surface area contributed by atoms with Crippen LogP contribution in [0.3, 0.4) is 0 Å². The second-order valence-corrected chi connectivity index (χ2v) is 3.32. The predicted octanol–water partition coefficient (Wildman–Crippen LogP) is 2.35. The quantitative estimate of drug-likeness (QED) is 0.347. The van der Waals surface area contributed by atoms with E-state index in [-0.39, 0.29) is 0 Å². The molecule has 0 aromatic carbocycles. The van der Waals surface area contributed by atoms with Crippen molar-refractivity contribution in [2.24, 2.45) is 5.16 Å².